The first kappa shape index (κ1) is 18.1. The van der Waals surface area contributed by atoms with Crippen LogP contribution in [0.2, 0.25) is 0 Å². The van der Waals surface area contributed by atoms with Crippen LogP contribution in [-0.2, 0) is 6.54 Å². The molecule has 3 rings (SSSR count). The number of carbonyl (C=O) groups is 1. The Morgan fingerprint density at radius 2 is 2.00 bits per heavy atom. The van der Waals surface area contributed by atoms with Crippen molar-refractivity contribution in [3.63, 3.8) is 0 Å². The summed E-state index contributed by atoms with van der Waals surface area (Å²) in [4.78, 5) is 16.7. The minimum Gasteiger partial charge on any atom is -0.337 e. The van der Waals surface area contributed by atoms with Crippen LogP contribution >= 0.6 is 0 Å². The van der Waals surface area contributed by atoms with Gasteiger partial charge in [-0.1, -0.05) is 17.7 Å². The molecule has 134 valence electrons. The average molecular weight is 351 g/mol. The summed E-state index contributed by atoms with van der Waals surface area (Å²) < 4.78 is 14.0. The second-order valence-electron chi connectivity index (χ2n) is 6.71. The van der Waals surface area contributed by atoms with E-state index in [-0.39, 0.29) is 11.7 Å². The first-order valence-corrected chi connectivity index (χ1v) is 8.83. The van der Waals surface area contributed by atoms with E-state index in [1.54, 1.807) is 6.07 Å². The third-order valence-corrected chi connectivity index (χ3v) is 4.71. The second kappa shape index (κ2) is 8.11. The van der Waals surface area contributed by atoms with Crippen molar-refractivity contribution in [1.82, 2.24) is 9.80 Å². The molecule has 1 fully saturated rings. The lowest BCUT2D eigenvalue weighted by atomic mass is 10.1. The van der Waals surface area contributed by atoms with Crippen LogP contribution in [0.1, 0.15) is 33.5 Å². The molecule has 1 aliphatic heterocycles. The van der Waals surface area contributed by atoms with E-state index in [4.69, 9.17) is 5.26 Å². The molecule has 1 aliphatic rings. The summed E-state index contributed by atoms with van der Waals surface area (Å²) in [6.07, 6.45) is 0.844. The fourth-order valence-corrected chi connectivity index (χ4v) is 3.30. The maximum Gasteiger partial charge on any atom is 0.253 e. The predicted octanol–water partition coefficient (Wildman–Crippen LogP) is 3.35. The van der Waals surface area contributed by atoms with Crippen LogP contribution in [0.3, 0.4) is 0 Å². The molecule has 5 heteroatoms. The topological polar surface area (TPSA) is 47.3 Å². The minimum absolute atomic E-state index is 0.0493. The SMILES string of the molecule is Cc1cccc(C(=O)N2CCCN(Cc3cc(C#N)ccc3F)CC2)c1. The van der Waals surface area contributed by atoms with E-state index in [9.17, 15) is 9.18 Å². The van der Waals surface area contributed by atoms with E-state index >= 15 is 0 Å². The first-order valence-electron chi connectivity index (χ1n) is 8.83. The van der Waals surface area contributed by atoms with Gasteiger partial charge in [0, 0.05) is 43.9 Å². The zero-order chi connectivity index (χ0) is 18.5. The van der Waals surface area contributed by atoms with Gasteiger partial charge in [0.25, 0.3) is 5.91 Å². The quantitative estimate of drug-likeness (QED) is 0.852. The molecule has 0 radical (unpaired) electrons. The van der Waals surface area contributed by atoms with Crippen LogP contribution < -0.4 is 0 Å². The number of carbonyl (C=O) groups excluding carboxylic acids is 1. The number of halogens is 1. The Morgan fingerprint density at radius 3 is 2.77 bits per heavy atom. The summed E-state index contributed by atoms with van der Waals surface area (Å²) in [7, 11) is 0. The fraction of sp³-hybridized carbons (Fsp3) is 0.333. The van der Waals surface area contributed by atoms with E-state index in [2.05, 4.69) is 11.0 Å². The highest BCUT2D eigenvalue weighted by molar-refractivity contribution is 5.94. The van der Waals surface area contributed by atoms with E-state index in [0.29, 0.717) is 42.9 Å². The van der Waals surface area contributed by atoms with Gasteiger partial charge in [-0.3, -0.25) is 9.69 Å². The number of nitriles is 1. The molecule has 0 spiro atoms. The molecular formula is C21H22FN3O. The molecule has 0 saturated carbocycles. The summed E-state index contributed by atoms with van der Waals surface area (Å²) in [5.41, 5.74) is 2.78. The lowest BCUT2D eigenvalue weighted by Gasteiger charge is -2.22. The van der Waals surface area contributed by atoms with Crippen LogP contribution in [-0.4, -0.2) is 41.9 Å². The molecule has 0 aromatic heterocycles. The molecular weight excluding hydrogens is 329 g/mol. The number of hydrogen-bond acceptors (Lipinski definition) is 3. The highest BCUT2D eigenvalue weighted by atomic mass is 19.1. The monoisotopic (exact) mass is 351 g/mol. The standard InChI is InChI=1S/C21H22FN3O/c1-16-4-2-5-18(12-16)21(26)25-9-3-8-24(10-11-25)15-19-13-17(14-23)6-7-20(19)22/h2,4-7,12-13H,3,8-11,15H2,1H3. The largest absolute Gasteiger partial charge is 0.337 e. The van der Waals surface area contributed by atoms with Gasteiger partial charge in [-0.2, -0.15) is 5.26 Å². The highest BCUT2D eigenvalue weighted by Gasteiger charge is 2.21. The van der Waals surface area contributed by atoms with E-state index in [0.717, 1.165) is 18.5 Å². The zero-order valence-electron chi connectivity index (χ0n) is 14.9. The van der Waals surface area contributed by atoms with Gasteiger partial charge in [0.15, 0.2) is 0 Å². The van der Waals surface area contributed by atoms with Crippen LogP contribution in [0.15, 0.2) is 42.5 Å². The van der Waals surface area contributed by atoms with Crippen molar-refractivity contribution in [2.45, 2.75) is 19.9 Å². The maximum atomic E-state index is 14.0. The molecule has 0 unspecified atom stereocenters. The summed E-state index contributed by atoms with van der Waals surface area (Å²) >= 11 is 0. The smallest absolute Gasteiger partial charge is 0.253 e. The van der Waals surface area contributed by atoms with E-state index < -0.39 is 0 Å². The Morgan fingerprint density at radius 1 is 1.15 bits per heavy atom. The molecule has 4 nitrogen and oxygen atoms in total. The average Bonchev–Trinajstić information content (AvgIpc) is 2.88. The highest BCUT2D eigenvalue weighted by Crippen LogP contribution is 2.16. The molecule has 26 heavy (non-hydrogen) atoms. The second-order valence-corrected chi connectivity index (χ2v) is 6.71. The first-order chi connectivity index (χ1) is 12.6. The van der Waals surface area contributed by atoms with Gasteiger partial charge in [0.2, 0.25) is 0 Å². The van der Waals surface area contributed by atoms with Crippen molar-refractivity contribution < 1.29 is 9.18 Å². The third kappa shape index (κ3) is 4.27. The zero-order valence-corrected chi connectivity index (χ0v) is 14.9. The third-order valence-electron chi connectivity index (χ3n) is 4.71. The van der Waals surface area contributed by atoms with Gasteiger partial charge >= 0.3 is 0 Å². The van der Waals surface area contributed by atoms with Crippen LogP contribution in [0.5, 0.6) is 0 Å². The van der Waals surface area contributed by atoms with E-state index in [1.165, 1.54) is 12.1 Å². The molecule has 1 amide bonds. The van der Waals surface area contributed by atoms with Crippen molar-refractivity contribution in [1.29, 1.82) is 5.26 Å². The number of hydrogen-bond donors (Lipinski definition) is 0. The maximum absolute atomic E-state index is 14.0. The molecule has 1 saturated heterocycles. The van der Waals surface area contributed by atoms with Crippen LogP contribution in [0.25, 0.3) is 0 Å². The Balaban J connectivity index is 1.65. The summed E-state index contributed by atoms with van der Waals surface area (Å²) in [5.74, 6) is -0.242. The number of amides is 1. The number of nitrogens with zero attached hydrogens (tertiary/aromatic N) is 3. The van der Waals surface area contributed by atoms with Crippen molar-refractivity contribution in [2.24, 2.45) is 0 Å². The summed E-state index contributed by atoms with van der Waals surface area (Å²) in [6.45, 7) is 5.23. The normalized spacial score (nSPS) is 15.3. The van der Waals surface area contributed by atoms with Gasteiger partial charge in [0.05, 0.1) is 11.6 Å². The van der Waals surface area contributed by atoms with Gasteiger partial charge in [-0.25, -0.2) is 4.39 Å². The van der Waals surface area contributed by atoms with Crippen molar-refractivity contribution in [3.8, 4) is 6.07 Å². The van der Waals surface area contributed by atoms with Gasteiger partial charge in [-0.15, -0.1) is 0 Å². The number of aryl methyl sites for hydroxylation is 1. The van der Waals surface area contributed by atoms with Crippen molar-refractivity contribution in [2.75, 3.05) is 26.2 Å². The molecule has 2 aromatic carbocycles. The molecule has 0 bridgehead atoms. The van der Waals surface area contributed by atoms with Gasteiger partial charge in [-0.05, 0) is 43.7 Å². The predicted molar refractivity (Wildman–Crippen MR) is 98.1 cm³/mol. The van der Waals surface area contributed by atoms with E-state index in [1.807, 2.05) is 36.1 Å². The van der Waals surface area contributed by atoms with Crippen molar-refractivity contribution in [3.05, 3.63) is 70.5 Å². The molecule has 0 aliphatic carbocycles. The Hall–Kier alpha value is -2.71. The summed E-state index contributed by atoms with van der Waals surface area (Å²) in [5, 5.41) is 9.00. The molecule has 0 atom stereocenters. The van der Waals surface area contributed by atoms with Gasteiger partial charge < -0.3 is 4.90 Å². The fourth-order valence-electron chi connectivity index (χ4n) is 3.30. The lowest BCUT2D eigenvalue weighted by Crippen LogP contribution is -2.35. The Kier molecular flexibility index (Phi) is 5.65. The van der Waals surface area contributed by atoms with Crippen LogP contribution in [0, 0.1) is 24.1 Å². The lowest BCUT2D eigenvalue weighted by molar-refractivity contribution is 0.0761. The molecule has 0 N–H and O–H groups in total. The number of benzene rings is 2. The number of rotatable bonds is 3. The van der Waals surface area contributed by atoms with Gasteiger partial charge in [0.1, 0.15) is 5.82 Å². The summed E-state index contributed by atoms with van der Waals surface area (Å²) in [6, 6.07) is 14.1. The Labute approximate surface area is 153 Å². The molecule has 1 heterocycles. The minimum atomic E-state index is -0.291. The van der Waals surface area contributed by atoms with Crippen LogP contribution in [0.4, 0.5) is 4.39 Å². The van der Waals surface area contributed by atoms with Crippen molar-refractivity contribution >= 4 is 5.91 Å². The Bertz CT molecular complexity index is 843. The molecule has 2 aromatic rings.